The van der Waals surface area contributed by atoms with Crippen LogP contribution in [0.15, 0.2) is 33.9 Å². The lowest BCUT2D eigenvalue weighted by molar-refractivity contribution is 0.194. The minimum absolute atomic E-state index is 0.0368. The fraction of sp³-hybridized carbons (Fsp3) is 0.214. The third kappa shape index (κ3) is 3.19. The van der Waals surface area contributed by atoms with Gasteiger partial charge < -0.3 is 20.5 Å². The third-order valence-electron chi connectivity index (χ3n) is 2.98. The Bertz CT molecular complexity index is 714. The molecule has 3 N–H and O–H groups in total. The standard InChI is InChI=1S/C14H14N2O5/c1-21-13-10(11(17)12(13)18)16-9-4-2-8(3-5-9)6-7-15-14(19)20/h2-5,15-16H,6-7H2,1H3,(H,19,20). The van der Waals surface area contributed by atoms with Crippen LogP contribution in [0.4, 0.5) is 16.2 Å². The largest absolute Gasteiger partial charge is 0.491 e. The molecule has 0 aliphatic carbocycles. The summed E-state index contributed by atoms with van der Waals surface area (Å²) in [4.78, 5) is 32.9. The second kappa shape index (κ2) is 6.08. The van der Waals surface area contributed by atoms with Crippen molar-refractivity contribution < 1.29 is 14.6 Å². The molecule has 21 heavy (non-hydrogen) atoms. The first kappa shape index (κ1) is 14.6. The summed E-state index contributed by atoms with van der Waals surface area (Å²) >= 11 is 0. The first-order valence-corrected chi connectivity index (χ1v) is 6.23. The number of rotatable bonds is 6. The summed E-state index contributed by atoms with van der Waals surface area (Å²) in [5.41, 5.74) is 0.530. The highest BCUT2D eigenvalue weighted by molar-refractivity contribution is 5.69. The van der Waals surface area contributed by atoms with Gasteiger partial charge in [-0.3, -0.25) is 9.59 Å². The van der Waals surface area contributed by atoms with Gasteiger partial charge in [-0.15, -0.1) is 0 Å². The van der Waals surface area contributed by atoms with Crippen molar-refractivity contribution in [1.82, 2.24) is 5.32 Å². The monoisotopic (exact) mass is 290 g/mol. The molecule has 0 saturated carbocycles. The van der Waals surface area contributed by atoms with Crippen LogP contribution in [-0.4, -0.2) is 24.9 Å². The first-order chi connectivity index (χ1) is 10.0. The van der Waals surface area contributed by atoms with Gasteiger partial charge in [0.2, 0.25) is 0 Å². The quantitative estimate of drug-likeness (QED) is 0.681. The zero-order valence-electron chi connectivity index (χ0n) is 11.3. The van der Waals surface area contributed by atoms with Crippen molar-refractivity contribution in [3.05, 3.63) is 50.3 Å². The highest BCUT2D eigenvalue weighted by Crippen LogP contribution is 2.22. The number of carboxylic acid groups (broad SMARTS) is 1. The first-order valence-electron chi connectivity index (χ1n) is 6.23. The zero-order chi connectivity index (χ0) is 15.4. The molecule has 0 atom stereocenters. The molecule has 0 saturated heterocycles. The van der Waals surface area contributed by atoms with Gasteiger partial charge in [-0.05, 0) is 24.1 Å². The highest BCUT2D eigenvalue weighted by atomic mass is 16.5. The topological polar surface area (TPSA) is 105 Å². The zero-order valence-corrected chi connectivity index (χ0v) is 11.3. The molecule has 0 spiro atoms. The molecule has 2 rings (SSSR count). The summed E-state index contributed by atoms with van der Waals surface area (Å²) in [6.07, 6.45) is -0.490. The fourth-order valence-electron chi connectivity index (χ4n) is 1.89. The molecule has 0 unspecified atom stereocenters. The number of anilines is 2. The van der Waals surface area contributed by atoms with E-state index in [9.17, 15) is 14.4 Å². The maximum Gasteiger partial charge on any atom is 0.404 e. The molecule has 0 radical (unpaired) electrons. The third-order valence-corrected chi connectivity index (χ3v) is 2.98. The minimum atomic E-state index is -1.06. The number of ether oxygens (including phenoxy) is 1. The number of carbonyl (C=O) groups is 1. The van der Waals surface area contributed by atoms with E-state index in [1.54, 1.807) is 12.1 Å². The lowest BCUT2D eigenvalue weighted by atomic mass is 10.1. The molecule has 0 heterocycles. The average Bonchev–Trinajstić information content (AvgIpc) is 2.47. The van der Waals surface area contributed by atoms with E-state index >= 15 is 0 Å². The number of hydrogen-bond donors (Lipinski definition) is 3. The van der Waals surface area contributed by atoms with Crippen molar-refractivity contribution in [2.24, 2.45) is 0 Å². The summed E-state index contributed by atoms with van der Waals surface area (Å²) in [6.45, 7) is 0.327. The average molecular weight is 290 g/mol. The lowest BCUT2D eigenvalue weighted by Gasteiger charge is -2.12. The van der Waals surface area contributed by atoms with Crippen LogP contribution < -0.4 is 26.2 Å². The van der Waals surface area contributed by atoms with Crippen molar-refractivity contribution >= 4 is 17.5 Å². The molecule has 0 bridgehead atoms. The molecule has 7 nitrogen and oxygen atoms in total. The van der Waals surface area contributed by atoms with E-state index in [0.29, 0.717) is 18.7 Å². The normalized spacial score (nSPS) is 10.3. The molecule has 1 amide bonds. The molecule has 0 aromatic heterocycles. The Hall–Kier alpha value is -2.83. The van der Waals surface area contributed by atoms with Crippen LogP contribution in [0, 0.1) is 0 Å². The molecule has 110 valence electrons. The van der Waals surface area contributed by atoms with Gasteiger partial charge in [0, 0.05) is 12.2 Å². The number of hydrogen-bond acceptors (Lipinski definition) is 5. The van der Waals surface area contributed by atoms with Gasteiger partial charge in [0.15, 0.2) is 5.75 Å². The molecular formula is C14H14N2O5. The number of nitrogens with one attached hydrogen (secondary N) is 2. The van der Waals surface area contributed by atoms with Crippen molar-refractivity contribution in [2.45, 2.75) is 6.42 Å². The van der Waals surface area contributed by atoms with Gasteiger partial charge in [-0.2, -0.15) is 0 Å². The van der Waals surface area contributed by atoms with Gasteiger partial charge in [0.1, 0.15) is 5.69 Å². The van der Waals surface area contributed by atoms with Crippen molar-refractivity contribution in [3.63, 3.8) is 0 Å². The predicted octanol–water partition coefficient (Wildman–Crippen LogP) is 0.845. The minimum Gasteiger partial charge on any atom is -0.491 e. The Morgan fingerprint density at radius 1 is 1.19 bits per heavy atom. The summed E-state index contributed by atoms with van der Waals surface area (Å²) in [5.74, 6) is 0.0368. The van der Waals surface area contributed by atoms with E-state index in [4.69, 9.17) is 9.84 Å². The van der Waals surface area contributed by atoms with Crippen molar-refractivity contribution in [2.75, 3.05) is 19.0 Å². The van der Waals surface area contributed by atoms with Gasteiger partial charge in [0.05, 0.1) is 7.11 Å². The van der Waals surface area contributed by atoms with Crippen LogP contribution in [0.3, 0.4) is 0 Å². The maximum atomic E-state index is 11.4. The molecule has 2 aromatic carbocycles. The van der Waals surface area contributed by atoms with Crippen LogP contribution in [0.5, 0.6) is 5.75 Å². The van der Waals surface area contributed by atoms with Gasteiger partial charge in [-0.25, -0.2) is 4.79 Å². The molecule has 7 heteroatoms. The second-order valence-corrected chi connectivity index (χ2v) is 4.37. The van der Waals surface area contributed by atoms with Crippen LogP contribution in [0.1, 0.15) is 5.56 Å². The summed E-state index contributed by atoms with van der Waals surface area (Å²) in [6, 6.07) is 7.10. The van der Waals surface area contributed by atoms with E-state index in [2.05, 4.69) is 10.6 Å². The van der Waals surface area contributed by atoms with Crippen molar-refractivity contribution in [1.29, 1.82) is 0 Å². The Kier molecular flexibility index (Phi) is 4.22. The number of methoxy groups -OCH3 is 1. The summed E-state index contributed by atoms with van der Waals surface area (Å²) < 4.78 is 4.84. The molecule has 0 fully saturated rings. The number of benzene rings is 1. The SMILES string of the molecule is COc1c(Nc2ccc(CCNC(=O)O)cc2)c(=O)c1=O. The van der Waals surface area contributed by atoms with Crippen molar-refractivity contribution in [3.8, 4) is 5.75 Å². The summed E-state index contributed by atoms with van der Waals surface area (Å²) in [5, 5.41) is 13.6. The van der Waals surface area contributed by atoms with E-state index in [1.807, 2.05) is 12.1 Å². The summed E-state index contributed by atoms with van der Waals surface area (Å²) in [7, 11) is 1.33. The van der Waals surface area contributed by atoms with E-state index in [-0.39, 0.29) is 11.4 Å². The Morgan fingerprint density at radius 2 is 1.86 bits per heavy atom. The molecular weight excluding hydrogens is 276 g/mol. The molecule has 0 aliphatic rings. The maximum absolute atomic E-state index is 11.4. The van der Waals surface area contributed by atoms with Crippen LogP contribution in [0.25, 0.3) is 0 Å². The van der Waals surface area contributed by atoms with Gasteiger partial charge in [0.25, 0.3) is 10.9 Å². The Labute approximate surface area is 119 Å². The second-order valence-electron chi connectivity index (χ2n) is 4.37. The van der Waals surface area contributed by atoms with Gasteiger partial charge in [-0.1, -0.05) is 12.1 Å². The highest BCUT2D eigenvalue weighted by Gasteiger charge is 2.21. The van der Waals surface area contributed by atoms with Crippen LogP contribution >= 0.6 is 0 Å². The van der Waals surface area contributed by atoms with E-state index in [1.165, 1.54) is 7.11 Å². The molecule has 0 aliphatic heterocycles. The fourth-order valence-corrected chi connectivity index (χ4v) is 1.89. The lowest BCUT2D eigenvalue weighted by Crippen LogP contribution is -2.34. The molecule has 2 aromatic rings. The van der Waals surface area contributed by atoms with Crippen LogP contribution in [-0.2, 0) is 6.42 Å². The number of amides is 1. The van der Waals surface area contributed by atoms with Crippen LogP contribution in [0.2, 0.25) is 0 Å². The van der Waals surface area contributed by atoms with E-state index in [0.717, 1.165) is 5.56 Å². The smallest absolute Gasteiger partial charge is 0.404 e. The van der Waals surface area contributed by atoms with Gasteiger partial charge >= 0.3 is 6.09 Å². The Balaban J connectivity index is 1.99. The Morgan fingerprint density at radius 3 is 2.43 bits per heavy atom. The van der Waals surface area contributed by atoms with E-state index < -0.39 is 17.0 Å². The predicted molar refractivity (Wildman–Crippen MR) is 77.4 cm³/mol.